The van der Waals surface area contributed by atoms with Crippen LogP contribution in [-0.2, 0) is 9.59 Å². The van der Waals surface area contributed by atoms with E-state index in [0.717, 1.165) is 9.17 Å². The summed E-state index contributed by atoms with van der Waals surface area (Å²) < 4.78 is 7.18. The van der Waals surface area contributed by atoms with Crippen LogP contribution in [0.4, 0.5) is 5.13 Å². The molecule has 0 saturated carbocycles. The van der Waals surface area contributed by atoms with Crippen molar-refractivity contribution in [3.8, 4) is 5.75 Å². The van der Waals surface area contributed by atoms with Crippen molar-refractivity contribution in [1.82, 2.24) is 4.98 Å². The number of aliphatic hydroxyl groups is 1. The molecule has 0 spiro atoms. The second-order valence-electron chi connectivity index (χ2n) is 7.79. The molecule has 0 aliphatic carbocycles. The minimum absolute atomic E-state index is 0.00955. The molecular formula is C26H18BrClN2O4S. The number of nitrogens with zero attached hydrogens (tertiary/aromatic N) is 2. The van der Waals surface area contributed by atoms with Crippen LogP contribution in [0.3, 0.4) is 0 Å². The van der Waals surface area contributed by atoms with Gasteiger partial charge in [0.05, 0.1) is 28.4 Å². The van der Waals surface area contributed by atoms with Crippen LogP contribution in [-0.4, -0.2) is 28.4 Å². The van der Waals surface area contributed by atoms with Gasteiger partial charge < -0.3 is 9.84 Å². The summed E-state index contributed by atoms with van der Waals surface area (Å²) >= 11 is 10.7. The van der Waals surface area contributed by atoms with E-state index in [9.17, 15) is 14.7 Å². The number of anilines is 1. The highest BCUT2D eigenvalue weighted by Crippen LogP contribution is 2.45. The summed E-state index contributed by atoms with van der Waals surface area (Å²) in [6.07, 6.45) is 0. The van der Waals surface area contributed by atoms with E-state index in [4.69, 9.17) is 16.3 Å². The molecule has 2 heterocycles. The van der Waals surface area contributed by atoms with Crippen LogP contribution in [0.25, 0.3) is 16.0 Å². The van der Waals surface area contributed by atoms with Crippen LogP contribution in [0, 0.1) is 0 Å². The predicted octanol–water partition coefficient (Wildman–Crippen LogP) is 6.74. The summed E-state index contributed by atoms with van der Waals surface area (Å²) in [5, 5.41) is 12.0. The van der Waals surface area contributed by atoms with Crippen molar-refractivity contribution in [2.24, 2.45) is 0 Å². The number of hydrogen-bond donors (Lipinski definition) is 1. The number of carbonyl (C=O) groups excluding carboxylic acids is 2. The van der Waals surface area contributed by atoms with Crippen LogP contribution in [0.15, 0.2) is 76.8 Å². The molecule has 1 fully saturated rings. The molecule has 1 aromatic heterocycles. The zero-order chi connectivity index (χ0) is 24.7. The molecule has 9 heteroatoms. The lowest BCUT2D eigenvalue weighted by atomic mass is 9.95. The molecule has 1 amide bonds. The normalized spacial score (nSPS) is 17.3. The van der Waals surface area contributed by atoms with E-state index < -0.39 is 17.7 Å². The maximum atomic E-state index is 13.4. The van der Waals surface area contributed by atoms with E-state index in [1.807, 2.05) is 49.4 Å². The van der Waals surface area contributed by atoms with Crippen molar-refractivity contribution in [3.63, 3.8) is 0 Å². The Hall–Kier alpha value is -3.20. The van der Waals surface area contributed by atoms with Gasteiger partial charge >= 0.3 is 5.91 Å². The van der Waals surface area contributed by atoms with Crippen LogP contribution in [0.5, 0.6) is 5.75 Å². The molecule has 1 unspecified atom stereocenters. The zero-order valence-corrected chi connectivity index (χ0v) is 21.5. The third-order valence-corrected chi connectivity index (χ3v) is 7.35. The van der Waals surface area contributed by atoms with E-state index in [0.29, 0.717) is 39.2 Å². The first-order chi connectivity index (χ1) is 16.9. The molecule has 3 aromatic carbocycles. The van der Waals surface area contributed by atoms with Crippen molar-refractivity contribution >= 4 is 71.7 Å². The molecule has 0 radical (unpaired) electrons. The van der Waals surface area contributed by atoms with Crippen LogP contribution in [0.1, 0.15) is 24.1 Å². The number of thiazole rings is 1. The van der Waals surface area contributed by atoms with Gasteiger partial charge in [-0.25, -0.2) is 4.98 Å². The Morgan fingerprint density at radius 1 is 1.14 bits per heavy atom. The average molecular weight is 570 g/mol. The fraction of sp³-hybridized carbons (Fsp3) is 0.115. The molecule has 1 aliphatic heterocycles. The number of halogens is 2. The molecule has 1 saturated heterocycles. The predicted molar refractivity (Wildman–Crippen MR) is 141 cm³/mol. The summed E-state index contributed by atoms with van der Waals surface area (Å²) in [6, 6.07) is 18.4. The highest BCUT2D eigenvalue weighted by atomic mass is 79.9. The van der Waals surface area contributed by atoms with Crippen molar-refractivity contribution in [3.05, 3.63) is 92.9 Å². The number of hydrogen-bond acceptors (Lipinski definition) is 6. The van der Waals surface area contributed by atoms with Crippen molar-refractivity contribution in [2.45, 2.75) is 13.0 Å². The van der Waals surface area contributed by atoms with Crippen LogP contribution < -0.4 is 9.64 Å². The third kappa shape index (κ3) is 4.33. The fourth-order valence-electron chi connectivity index (χ4n) is 4.04. The minimum atomic E-state index is -0.866. The Kier molecular flexibility index (Phi) is 6.35. The summed E-state index contributed by atoms with van der Waals surface area (Å²) in [6.45, 7) is 2.43. The average Bonchev–Trinajstić information content (AvgIpc) is 3.37. The number of ketones is 1. The van der Waals surface area contributed by atoms with Crippen molar-refractivity contribution in [2.75, 3.05) is 11.5 Å². The van der Waals surface area contributed by atoms with E-state index in [-0.39, 0.29) is 11.3 Å². The van der Waals surface area contributed by atoms with Gasteiger partial charge in [-0.15, -0.1) is 0 Å². The van der Waals surface area contributed by atoms with Crippen LogP contribution in [0.2, 0.25) is 5.02 Å². The Morgan fingerprint density at radius 3 is 2.63 bits per heavy atom. The van der Waals surface area contributed by atoms with Gasteiger partial charge in [0.1, 0.15) is 11.5 Å². The number of rotatable bonds is 5. The standard InChI is InChI=1S/C26H18BrClN2O4S/c1-2-34-18-10-11-19-20(13-18)35-26(29-19)30-22(15-4-3-5-16(27)12-15)21(24(32)25(30)33)23(31)14-6-8-17(28)9-7-14/h3-13,22,31H,2H2,1H3/b23-21+. The van der Waals surface area contributed by atoms with Gasteiger partial charge in [0.25, 0.3) is 5.78 Å². The SMILES string of the molecule is CCOc1ccc2nc(N3C(=O)C(=O)/C(=C(/O)c4ccc(Cl)cc4)C3c3cccc(Br)c3)sc2c1. The quantitative estimate of drug-likeness (QED) is 0.164. The lowest BCUT2D eigenvalue weighted by molar-refractivity contribution is -0.132. The van der Waals surface area contributed by atoms with Gasteiger partial charge in [0.15, 0.2) is 5.13 Å². The molecular weight excluding hydrogens is 552 g/mol. The van der Waals surface area contributed by atoms with Gasteiger partial charge in [-0.2, -0.15) is 0 Å². The van der Waals surface area contributed by atoms with Gasteiger partial charge in [-0.1, -0.05) is 51.0 Å². The number of Topliss-reactive ketones (excluding diaryl/α,β-unsaturated/α-hetero) is 1. The third-order valence-electron chi connectivity index (χ3n) is 5.59. The Bertz CT molecular complexity index is 1500. The zero-order valence-electron chi connectivity index (χ0n) is 18.4. The van der Waals surface area contributed by atoms with Crippen molar-refractivity contribution in [1.29, 1.82) is 0 Å². The number of benzene rings is 3. The highest BCUT2D eigenvalue weighted by Gasteiger charge is 2.48. The first-order valence-electron chi connectivity index (χ1n) is 10.7. The van der Waals surface area contributed by atoms with E-state index in [2.05, 4.69) is 20.9 Å². The molecule has 4 aromatic rings. The summed E-state index contributed by atoms with van der Waals surface area (Å²) in [5.74, 6) is -1.11. The summed E-state index contributed by atoms with van der Waals surface area (Å²) in [7, 11) is 0. The number of fused-ring (bicyclic) bond motifs is 1. The first-order valence-corrected chi connectivity index (χ1v) is 12.7. The molecule has 1 atom stereocenters. The molecule has 5 rings (SSSR count). The van der Waals surface area contributed by atoms with Gasteiger partial charge in [0.2, 0.25) is 0 Å². The number of ether oxygens (including phenoxy) is 1. The highest BCUT2D eigenvalue weighted by molar-refractivity contribution is 9.10. The van der Waals surface area contributed by atoms with E-state index in [1.165, 1.54) is 16.2 Å². The number of amides is 1. The summed E-state index contributed by atoms with van der Waals surface area (Å²) in [5.41, 5.74) is 1.71. The summed E-state index contributed by atoms with van der Waals surface area (Å²) in [4.78, 5) is 32.7. The van der Waals surface area contributed by atoms with Gasteiger partial charge in [-0.05, 0) is 67.1 Å². The first kappa shape index (κ1) is 23.5. The Balaban J connectivity index is 1.70. The fourth-order valence-corrected chi connectivity index (χ4v) is 5.60. The van der Waals surface area contributed by atoms with E-state index in [1.54, 1.807) is 24.3 Å². The van der Waals surface area contributed by atoms with E-state index >= 15 is 0 Å². The molecule has 1 N–H and O–H groups in total. The number of aromatic nitrogens is 1. The van der Waals surface area contributed by atoms with Gasteiger partial charge in [0, 0.05) is 15.1 Å². The lowest BCUT2D eigenvalue weighted by Gasteiger charge is -2.23. The van der Waals surface area contributed by atoms with Crippen LogP contribution >= 0.6 is 38.9 Å². The molecule has 35 heavy (non-hydrogen) atoms. The monoisotopic (exact) mass is 568 g/mol. The van der Waals surface area contributed by atoms with Crippen molar-refractivity contribution < 1.29 is 19.4 Å². The Labute approximate surface area is 218 Å². The molecule has 6 nitrogen and oxygen atoms in total. The lowest BCUT2D eigenvalue weighted by Crippen LogP contribution is -2.29. The van der Waals surface area contributed by atoms with Gasteiger partial charge in [-0.3, -0.25) is 14.5 Å². The topological polar surface area (TPSA) is 79.7 Å². The second kappa shape index (κ2) is 9.45. The minimum Gasteiger partial charge on any atom is -0.507 e. The maximum absolute atomic E-state index is 13.4. The molecule has 0 bridgehead atoms. The largest absolute Gasteiger partial charge is 0.507 e. The maximum Gasteiger partial charge on any atom is 0.301 e. The molecule has 1 aliphatic rings. The smallest absolute Gasteiger partial charge is 0.301 e. The number of aliphatic hydroxyl groups excluding tert-OH is 1. The Morgan fingerprint density at radius 2 is 1.91 bits per heavy atom. The number of carbonyl (C=O) groups is 2. The molecule has 176 valence electrons. The second-order valence-corrected chi connectivity index (χ2v) is 10.2.